The van der Waals surface area contributed by atoms with Crippen LogP contribution in [0.1, 0.15) is 30.9 Å². The molecule has 0 spiro atoms. The second kappa shape index (κ2) is 11.2. The lowest BCUT2D eigenvalue weighted by Gasteiger charge is -2.53. The fraction of sp³-hybridized carbons (Fsp3) is 0.458. The third kappa shape index (κ3) is 4.39. The summed E-state index contributed by atoms with van der Waals surface area (Å²) in [5, 5.41) is 62.5. The second-order valence-electron chi connectivity index (χ2n) is 9.11. The molecule has 0 radical (unpaired) electrons. The van der Waals surface area contributed by atoms with Crippen LogP contribution in [0, 0.1) is 11.8 Å². The van der Waals surface area contributed by atoms with Crippen molar-refractivity contribution in [3.8, 4) is 5.75 Å². The molecule has 0 bridgehead atoms. The highest BCUT2D eigenvalue weighted by Gasteiger charge is 2.68. The minimum atomic E-state index is -2.89. The molecule has 3 aliphatic rings. The van der Waals surface area contributed by atoms with Gasteiger partial charge in [-0.05, 0) is 38.6 Å². The van der Waals surface area contributed by atoms with Gasteiger partial charge in [0, 0.05) is 18.1 Å². The molecular formula is C24H33ClN2O10. The first kappa shape index (κ1) is 32.0. The summed E-state index contributed by atoms with van der Waals surface area (Å²) >= 11 is 0. The van der Waals surface area contributed by atoms with E-state index in [1.54, 1.807) is 26.0 Å². The Morgan fingerprint density at radius 2 is 1.70 bits per heavy atom. The number of hydrogen-bond donors (Lipinski definition) is 7. The highest BCUT2D eigenvalue weighted by molar-refractivity contribution is 6.24. The van der Waals surface area contributed by atoms with Crippen molar-refractivity contribution < 1.29 is 50.5 Å². The van der Waals surface area contributed by atoms with Crippen LogP contribution in [0.15, 0.2) is 35.1 Å². The lowest BCUT2D eigenvalue weighted by molar-refractivity contribution is -0.169. The number of aliphatic hydroxyl groups excluding tert-OH is 4. The molecule has 6 atom stereocenters. The number of nitrogens with zero attached hydrogens (tertiary/aromatic N) is 1. The normalized spacial score (nSPS) is 30.2. The molecule has 0 aromatic heterocycles. The van der Waals surface area contributed by atoms with Crippen LogP contribution < -0.4 is 5.73 Å². The van der Waals surface area contributed by atoms with Gasteiger partial charge < -0.3 is 41.8 Å². The van der Waals surface area contributed by atoms with Crippen molar-refractivity contribution in [2.75, 3.05) is 20.7 Å². The Balaban J connectivity index is 0.00000131. The van der Waals surface area contributed by atoms with Gasteiger partial charge in [-0.15, -0.1) is 12.4 Å². The summed E-state index contributed by atoms with van der Waals surface area (Å²) in [4.78, 5) is 40.0. The minimum absolute atomic E-state index is 0. The largest absolute Gasteiger partial charge is 0.508 e. The van der Waals surface area contributed by atoms with Gasteiger partial charge in [0.05, 0.1) is 23.6 Å². The molecule has 1 aromatic carbocycles. The fourth-order valence-corrected chi connectivity index (χ4v) is 5.58. The van der Waals surface area contributed by atoms with Crippen molar-refractivity contribution in [3.05, 3.63) is 46.2 Å². The van der Waals surface area contributed by atoms with E-state index in [0.29, 0.717) is 5.56 Å². The number of aliphatic hydroxyl groups is 5. The Morgan fingerprint density at radius 1 is 1.16 bits per heavy atom. The predicted molar refractivity (Wildman–Crippen MR) is 134 cm³/mol. The smallest absolute Gasteiger partial charge is 0.255 e. The van der Waals surface area contributed by atoms with Gasteiger partial charge in [0.15, 0.2) is 11.4 Å². The number of fused-ring (bicyclic) bond motifs is 3. The van der Waals surface area contributed by atoms with Gasteiger partial charge in [-0.25, -0.2) is 0 Å². The standard InChI is InChI=1S/C22H24N2O8.C2H6O.ClH.H2O/c1-7-8-5-4-6-9(25)11(8)16(26)12-10(7)17(27)14-15(24(2)3)18(28)13(21(23)31)20(30)22(14,32)19(12)29;1-2-3;;/h4-7,10,14-15,17,25-27,30,32H,1-3H3,(H2,23,31);3H,2H2,1H3;1H;1H2/t7-,10+,14+,15-,17-,22-;;;/m0.../s1. The summed E-state index contributed by atoms with van der Waals surface area (Å²) in [5.74, 6) is -8.87. The highest BCUT2D eigenvalue weighted by atomic mass is 35.5. The molecule has 0 saturated heterocycles. The number of amides is 1. The average Bonchev–Trinajstić information content (AvgIpc) is 2.76. The molecule has 37 heavy (non-hydrogen) atoms. The number of primary amides is 1. The van der Waals surface area contributed by atoms with E-state index in [9.17, 15) is 39.9 Å². The molecule has 0 aliphatic heterocycles. The van der Waals surface area contributed by atoms with Gasteiger partial charge in [-0.2, -0.15) is 0 Å². The molecule has 1 amide bonds. The second-order valence-corrected chi connectivity index (χ2v) is 9.11. The number of hydrogen-bond acceptors (Lipinski definition) is 10. The topological polar surface area (TPSA) is 233 Å². The van der Waals surface area contributed by atoms with E-state index in [1.807, 2.05) is 0 Å². The number of ketones is 2. The molecule has 13 heteroatoms. The highest BCUT2D eigenvalue weighted by Crippen LogP contribution is 2.55. The van der Waals surface area contributed by atoms with Crippen LogP contribution in [0.3, 0.4) is 0 Å². The summed E-state index contributed by atoms with van der Waals surface area (Å²) in [6, 6.07) is 3.13. The van der Waals surface area contributed by atoms with E-state index in [-0.39, 0.29) is 35.8 Å². The van der Waals surface area contributed by atoms with Crippen LogP contribution in [0.2, 0.25) is 0 Å². The SMILES string of the molecule is CCO.C[C@H]1c2cccc(O)c2C(O)=C2C(=O)[C@]3(O)C(O)=C(C(N)=O)C(=O)[C@@H](N(C)C)[C@@H]3[C@@H](O)[C@@H]21.Cl.O. The lowest BCUT2D eigenvalue weighted by atomic mass is 9.54. The maximum Gasteiger partial charge on any atom is 0.255 e. The van der Waals surface area contributed by atoms with Crippen molar-refractivity contribution in [1.82, 2.24) is 4.90 Å². The molecule has 4 rings (SSSR count). The van der Waals surface area contributed by atoms with E-state index in [1.165, 1.54) is 25.1 Å². The molecule has 206 valence electrons. The maximum atomic E-state index is 13.7. The van der Waals surface area contributed by atoms with Crippen molar-refractivity contribution in [1.29, 1.82) is 0 Å². The summed E-state index contributed by atoms with van der Waals surface area (Å²) in [5.41, 5.74) is 1.47. The van der Waals surface area contributed by atoms with Gasteiger partial charge in [-0.1, -0.05) is 19.1 Å². The first-order valence-corrected chi connectivity index (χ1v) is 11.0. The van der Waals surface area contributed by atoms with Crippen LogP contribution in [-0.4, -0.2) is 96.9 Å². The number of likely N-dealkylation sites (N-methyl/N-ethyl adjacent to an activating group) is 1. The molecule has 1 aromatic rings. The van der Waals surface area contributed by atoms with Crippen LogP contribution in [0.4, 0.5) is 0 Å². The number of Topliss-reactive ketones (excluding diaryl/α,β-unsaturated/α-hetero) is 2. The van der Waals surface area contributed by atoms with Gasteiger partial charge in [-0.3, -0.25) is 19.3 Å². The van der Waals surface area contributed by atoms with Gasteiger partial charge in [0.2, 0.25) is 5.78 Å². The molecule has 10 N–H and O–H groups in total. The number of halogens is 1. The molecule has 12 nitrogen and oxygen atoms in total. The zero-order valence-corrected chi connectivity index (χ0v) is 21.5. The zero-order valence-electron chi connectivity index (χ0n) is 20.7. The molecule has 0 heterocycles. The van der Waals surface area contributed by atoms with Crippen molar-refractivity contribution in [3.63, 3.8) is 0 Å². The fourth-order valence-electron chi connectivity index (χ4n) is 5.58. The summed E-state index contributed by atoms with van der Waals surface area (Å²) in [6.07, 6.45) is -1.59. The van der Waals surface area contributed by atoms with E-state index in [2.05, 4.69) is 0 Å². The Kier molecular flexibility index (Phi) is 9.67. The molecule has 3 aliphatic carbocycles. The predicted octanol–water partition coefficient (Wildman–Crippen LogP) is -0.908. The number of nitrogens with two attached hydrogens (primary N) is 1. The van der Waals surface area contributed by atoms with Crippen molar-refractivity contribution >= 4 is 35.6 Å². The molecule has 1 fully saturated rings. The maximum absolute atomic E-state index is 13.7. The summed E-state index contributed by atoms with van der Waals surface area (Å²) in [7, 11) is 2.92. The number of phenols is 1. The third-order valence-electron chi connectivity index (χ3n) is 6.99. The Morgan fingerprint density at radius 3 is 2.19 bits per heavy atom. The molecule has 1 saturated carbocycles. The van der Waals surface area contributed by atoms with E-state index < -0.39 is 75.6 Å². The van der Waals surface area contributed by atoms with Crippen LogP contribution in [-0.2, 0) is 14.4 Å². The number of aromatic hydroxyl groups is 1. The number of carbonyl (C=O) groups is 3. The Labute approximate surface area is 219 Å². The Hall–Kier alpha value is -3.00. The first-order valence-electron chi connectivity index (χ1n) is 11.0. The van der Waals surface area contributed by atoms with Gasteiger partial charge >= 0.3 is 0 Å². The van der Waals surface area contributed by atoms with Crippen molar-refractivity contribution in [2.45, 2.75) is 37.5 Å². The number of phenolic OH excluding ortho intramolecular Hbond substituents is 1. The van der Waals surface area contributed by atoms with Gasteiger partial charge in [0.1, 0.15) is 22.8 Å². The van der Waals surface area contributed by atoms with Crippen LogP contribution in [0.25, 0.3) is 5.76 Å². The molecule has 0 unspecified atom stereocenters. The number of carbonyl (C=O) groups excluding carboxylic acids is 3. The summed E-state index contributed by atoms with van der Waals surface area (Å²) in [6.45, 7) is 3.61. The number of benzene rings is 1. The Bertz CT molecular complexity index is 1160. The van der Waals surface area contributed by atoms with E-state index in [4.69, 9.17) is 10.8 Å². The van der Waals surface area contributed by atoms with E-state index >= 15 is 0 Å². The lowest BCUT2D eigenvalue weighted by Crippen LogP contribution is -2.70. The number of rotatable bonds is 2. The third-order valence-corrected chi connectivity index (χ3v) is 6.99. The zero-order chi connectivity index (χ0) is 26.6. The summed E-state index contributed by atoms with van der Waals surface area (Å²) < 4.78 is 0. The van der Waals surface area contributed by atoms with Gasteiger partial charge in [0.25, 0.3) is 5.91 Å². The molecular weight excluding hydrogens is 512 g/mol. The van der Waals surface area contributed by atoms with Crippen molar-refractivity contribution in [2.24, 2.45) is 17.6 Å². The van der Waals surface area contributed by atoms with E-state index in [0.717, 1.165) is 0 Å². The first-order chi connectivity index (χ1) is 16.3. The minimum Gasteiger partial charge on any atom is -0.508 e. The van der Waals surface area contributed by atoms with Crippen LogP contribution >= 0.6 is 12.4 Å². The van der Waals surface area contributed by atoms with Crippen LogP contribution in [0.5, 0.6) is 5.75 Å². The average molecular weight is 545 g/mol. The quantitative estimate of drug-likeness (QED) is 0.226. The monoisotopic (exact) mass is 544 g/mol.